The number of Topliss-reactive ketones (excluding diaryl/α,β-unsaturated/α-hetero) is 1. The molecular weight excluding hydrogens is 216 g/mol. The smallest absolute Gasteiger partial charge is 0.169 e. The molecule has 0 radical (unpaired) electrons. The summed E-state index contributed by atoms with van der Waals surface area (Å²) in [6, 6.07) is 3.64. The van der Waals surface area contributed by atoms with Crippen LogP contribution in [0.2, 0.25) is 0 Å². The monoisotopic (exact) mass is 234 g/mol. The van der Waals surface area contributed by atoms with Gasteiger partial charge in [0.25, 0.3) is 0 Å². The predicted octanol–water partition coefficient (Wildman–Crippen LogP) is 1.73. The third kappa shape index (κ3) is 2.31. The topological polar surface area (TPSA) is 65.2 Å². The molecule has 0 aromatic carbocycles. The molecule has 1 heterocycles. The van der Waals surface area contributed by atoms with Crippen LogP contribution in [0, 0.1) is 0 Å². The van der Waals surface area contributed by atoms with Crippen molar-refractivity contribution in [3.05, 3.63) is 23.9 Å². The van der Waals surface area contributed by atoms with Crippen molar-refractivity contribution < 1.29 is 9.53 Å². The summed E-state index contributed by atoms with van der Waals surface area (Å²) in [5.41, 5.74) is 5.96. The Kier molecular flexibility index (Phi) is 3.43. The molecule has 1 aliphatic carbocycles. The van der Waals surface area contributed by atoms with Crippen LogP contribution in [-0.2, 0) is 16.0 Å². The Balaban J connectivity index is 2.14. The van der Waals surface area contributed by atoms with E-state index in [-0.39, 0.29) is 5.78 Å². The lowest BCUT2D eigenvalue weighted by Crippen LogP contribution is -2.39. The van der Waals surface area contributed by atoms with E-state index in [1.165, 1.54) is 0 Å². The van der Waals surface area contributed by atoms with Crippen molar-refractivity contribution in [2.45, 2.75) is 37.7 Å². The molecule has 1 aromatic heterocycles. The van der Waals surface area contributed by atoms with E-state index in [2.05, 4.69) is 4.98 Å². The summed E-state index contributed by atoms with van der Waals surface area (Å²) in [7, 11) is 1.62. The van der Waals surface area contributed by atoms with Gasteiger partial charge in [0.1, 0.15) is 11.4 Å². The highest BCUT2D eigenvalue weighted by Gasteiger charge is 2.40. The van der Waals surface area contributed by atoms with Gasteiger partial charge in [0.15, 0.2) is 5.78 Å². The maximum Gasteiger partial charge on any atom is 0.169 e. The first-order valence-corrected chi connectivity index (χ1v) is 5.96. The van der Waals surface area contributed by atoms with Gasteiger partial charge in [-0.25, -0.2) is 4.98 Å². The number of ketones is 1. The zero-order valence-corrected chi connectivity index (χ0v) is 10.1. The summed E-state index contributed by atoms with van der Waals surface area (Å²) in [5.74, 6) is 0.558. The van der Waals surface area contributed by atoms with E-state index in [1.54, 1.807) is 19.4 Å². The fourth-order valence-corrected chi connectivity index (χ4v) is 2.48. The summed E-state index contributed by atoms with van der Waals surface area (Å²) in [5, 5.41) is 0. The van der Waals surface area contributed by atoms with Crippen molar-refractivity contribution in [2.75, 3.05) is 12.8 Å². The number of carbonyl (C=O) groups excluding carboxylic acids is 1. The Morgan fingerprint density at radius 1 is 1.53 bits per heavy atom. The number of rotatable bonds is 4. The van der Waals surface area contributed by atoms with Gasteiger partial charge in [-0.1, -0.05) is 6.07 Å². The third-order valence-corrected chi connectivity index (χ3v) is 3.59. The second kappa shape index (κ2) is 4.84. The molecule has 1 aromatic rings. The maximum atomic E-state index is 12.3. The van der Waals surface area contributed by atoms with Gasteiger partial charge in [-0.05, 0) is 31.7 Å². The van der Waals surface area contributed by atoms with Gasteiger partial charge < -0.3 is 10.5 Å². The van der Waals surface area contributed by atoms with E-state index in [9.17, 15) is 4.79 Å². The molecule has 2 N–H and O–H groups in total. The van der Waals surface area contributed by atoms with Crippen molar-refractivity contribution in [2.24, 2.45) is 0 Å². The molecule has 2 rings (SSSR count). The first-order valence-electron chi connectivity index (χ1n) is 5.96. The Morgan fingerprint density at radius 2 is 2.24 bits per heavy atom. The molecule has 4 heteroatoms. The van der Waals surface area contributed by atoms with Crippen LogP contribution in [0.25, 0.3) is 0 Å². The van der Waals surface area contributed by atoms with Gasteiger partial charge in [-0.15, -0.1) is 0 Å². The average Bonchev–Trinajstić information content (AvgIpc) is 2.82. The molecule has 1 aliphatic rings. The molecule has 0 aliphatic heterocycles. The summed E-state index contributed by atoms with van der Waals surface area (Å²) < 4.78 is 5.46. The molecule has 17 heavy (non-hydrogen) atoms. The van der Waals surface area contributed by atoms with Crippen molar-refractivity contribution in [3.8, 4) is 0 Å². The quantitative estimate of drug-likeness (QED) is 0.861. The summed E-state index contributed by atoms with van der Waals surface area (Å²) in [6.45, 7) is 0. The molecule has 0 amide bonds. The van der Waals surface area contributed by atoms with Crippen LogP contribution in [0.4, 0.5) is 5.82 Å². The van der Waals surface area contributed by atoms with Gasteiger partial charge in [-0.2, -0.15) is 0 Å². The first kappa shape index (κ1) is 12.0. The molecule has 0 spiro atoms. The predicted molar refractivity (Wildman–Crippen MR) is 65.6 cm³/mol. The molecule has 0 bridgehead atoms. The van der Waals surface area contributed by atoms with Gasteiger partial charge in [0.05, 0.1) is 0 Å². The van der Waals surface area contributed by atoms with Crippen LogP contribution in [0.5, 0.6) is 0 Å². The number of ether oxygens (including phenoxy) is 1. The minimum absolute atomic E-state index is 0.122. The number of nitrogen functional groups attached to an aromatic ring is 1. The second-order valence-corrected chi connectivity index (χ2v) is 4.55. The Labute approximate surface area is 101 Å². The fourth-order valence-electron chi connectivity index (χ4n) is 2.48. The number of nitrogens with zero attached hydrogens (tertiary/aromatic N) is 1. The number of aromatic nitrogens is 1. The highest BCUT2D eigenvalue weighted by molar-refractivity contribution is 5.90. The van der Waals surface area contributed by atoms with E-state index >= 15 is 0 Å². The molecule has 0 atom stereocenters. The van der Waals surface area contributed by atoms with Crippen LogP contribution in [0.1, 0.15) is 31.2 Å². The largest absolute Gasteiger partial charge is 0.383 e. The average molecular weight is 234 g/mol. The van der Waals surface area contributed by atoms with E-state index in [0.29, 0.717) is 12.2 Å². The van der Waals surface area contributed by atoms with E-state index < -0.39 is 5.60 Å². The Bertz CT molecular complexity index is 412. The van der Waals surface area contributed by atoms with E-state index in [4.69, 9.17) is 10.5 Å². The van der Waals surface area contributed by atoms with Crippen LogP contribution in [0.15, 0.2) is 18.3 Å². The molecule has 0 unspecified atom stereocenters. The Hall–Kier alpha value is -1.42. The lowest BCUT2D eigenvalue weighted by molar-refractivity contribution is -0.139. The van der Waals surface area contributed by atoms with Crippen molar-refractivity contribution in [1.82, 2.24) is 4.98 Å². The number of nitrogens with two attached hydrogens (primary N) is 1. The van der Waals surface area contributed by atoms with Crippen molar-refractivity contribution in [3.63, 3.8) is 0 Å². The minimum Gasteiger partial charge on any atom is -0.383 e. The number of hydrogen-bond donors (Lipinski definition) is 1. The second-order valence-electron chi connectivity index (χ2n) is 4.55. The van der Waals surface area contributed by atoms with Gasteiger partial charge >= 0.3 is 0 Å². The molecule has 1 fully saturated rings. The Morgan fingerprint density at radius 3 is 2.82 bits per heavy atom. The summed E-state index contributed by atoms with van der Waals surface area (Å²) >= 11 is 0. The maximum absolute atomic E-state index is 12.3. The number of pyridine rings is 1. The standard InChI is InChI=1S/C13H18N2O2/c1-17-13(6-2-3-7-13)11(16)9-10-5-4-8-15-12(10)14/h4-5,8H,2-3,6-7,9H2,1H3,(H2,14,15). The molecule has 0 saturated heterocycles. The fraction of sp³-hybridized carbons (Fsp3) is 0.538. The molecule has 4 nitrogen and oxygen atoms in total. The zero-order valence-electron chi connectivity index (χ0n) is 10.1. The first-order chi connectivity index (χ1) is 8.18. The van der Waals surface area contributed by atoms with E-state index in [1.807, 2.05) is 6.07 Å². The summed E-state index contributed by atoms with van der Waals surface area (Å²) in [4.78, 5) is 16.3. The van der Waals surface area contributed by atoms with Crippen molar-refractivity contribution in [1.29, 1.82) is 0 Å². The highest BCUT2D eigenvalue weighted by Crippen LogP contribution is 2.34. The van der Waals surface area contributed by atoms with E-state index in [0.717, 1.165) is 31.2 Å². The van der Waals surface area contributed by atoms with Crippen LogP contribution in [-0.4, -0.2) is 23.5 Å². The molecule has 1 saturated carbocycles. The van der Waals surface area contributed by atoms with Gasteiger partial charge in [0.2, 0.25) is 0 Å². The zero-order chi connectivity index (χ0) is 12.3. The molecule has 92 valence electrons. The third-order valence-electron chi connectivity index (χ3n) is 3.59. The normalized spacial score (nSPS) is 18.2. The number of methoxy groups -OCH3 is 1. The van der Waals surface area contributed by atoms with Gasteiger partial charge in [0, 0.05) is 25.3 Å². The summed E-state index contributed by atoms with van der Waals surface area (Å²) in [6.07, 6.45) is 5.70. The van der Waals surface area contributed by atoms with Crippen LogP contribution >= 0.6 is 0 Å². The van der Waals surface area contributed by atoms with Gasteiger partial charge in [-0.3, -0.25) is 4.79 Å². The highest BCUT2D eigenvalue weighted by atomic mass is 16.5. The lowest BCUT2D eigenvalue weighted by Gasteiger charge is -2.25. The molecular formula is C13H18N2O2. The number of anilines is 1. The van der Waals surface area contributed by atoms with Crippen molar-refractivity contribution >= 4 is 11.6 Å². The SMILES string of the molecule is COC1(C(=O)Cc2cccnc2N)CCCC1. The number of carbonyl (C=O) groups is 1. The van der Waals surface area contributed by atoms with Crippen LogP contribution < -0.4 is 5.73 Å². The number of hydrogen-bond acceptors (Lipinski definition) is 4. The lowest BCUT2D eigenvalue weighted by atomic mass is 9.91. The minimum atomic E-state index is -0.581. The van der Waals surface area contributed by atoms with Crippen LogP contribution in [0.3, 0.4) is 0 Å².